The Hall–Kier alpha value is -2.21. The summed E-state index contributed by atoms with van der Waals surface area (Å²) >= 11 is 0. The lowest BCUT2D eigenvalue weighted by molar-refractivity contribution is 0.100. The van der Waals surface area contributed by atoms with Crippen LogP contribution in [0.2, 0.25) is 0 Å². The molecule has 2 rings (SSSR count). The van der Waals surface area contributed by atoms with Crippen molar-refractivity contribution in [3.8, 4) is 5.82 Å². The van der Waals surface area contributed by atoms with Crippen LogP contribution in [0.25, 0.3) is 5.82 Å². The first-order valence-electron chi connectivity index (χ1n) is 6.15. The molecule has 0 radical (unpaired) electrons. The van der Waals surface area contributed by atoms with Gasteiger partial charge in [-0.25, -0.2) is 9.67 Å². The highest BCUT2D eigenvalue weighted by Gasteiger charge is 2.07. The van der Waals surface area contributed by atoms with Crippen molar-refractivity contribution in [2.24, 2.45) is 11.5 Å². The van der Waals surface area contributed by atoms with Crippen molar-refractivity contribution in [2.45, 2.75) is 25.8 Å². The average Bonchev–Trinajstić information content (AvgIpc) is 2.89. The van der Waals surface area contributed by atoms with Crippen LogP contribution in [0.15, 0.2) is 30.7 Å². The van der Waals surface area contributed by atoms with Gasteiger partial charge in [-0.05, 0) is 24.5 Å². The van der Waals surface area contributed by atoms with Crippen LogP contribution in [0.1, 0.15) is 29.3 Å². The van der Waals surface area contributed by atoms with E-state index in [1.807, 2.05) is 12.1 Å². The van der Waals surface area contributed by atoms with E-state index < -0.39 is 5.91 Å². The molecule has 1 atom stereocenters. The van der Waals surface area contributed by atoms with Crippen LogP contribution in [-0.4, -0.2) is 26.7 Å². The van der Waals surface area contributed by atoms with Crippen molar-refractivity contribution in [3.05, 3.63) is 41.9 Å². The fourth-order valence-electron chi connectivity index (χ4n) is 1.70. The lowest BCUT2D eigenvalue weighted by atomic mass is 10.1. The number of hydrogen-bond donors (Lipinski definition) is 2. The third-order valence-corrected chi connectivity index (χ3v) is 2.93. The van der Waals surface area contributed by atoms with Gasteiger partial charge in [-0.15, -0.1) is 0 Å². The van der Waals surface area contributed by atoms with Crippen molar-refractivity contribution < 1.29 is 4.79 Å². The molecule has 0 aromatic carbocycles. The van der Waals surface area contributed by atoms with E-state index in [4.69, 9.17) is 11.5 Å². The fraction of sp³-hybridized carbons (Fsp3) is 0.308. The van der Waals surface area contributed by atoms with E-state index in [0.29, 0.717) is 11.4 Å². The summed E-state index contributed by atoms with van der Waals surface area (Å²) in [6.07, 6.45) is 6.49. The van der Waals surface area contributed by atoms with Crippen molar-refractivity contribution in [1.82, 2.24) is 14.8 Å². The zero-order valence-corrected chi connectivity index (χ0v) is 10.8. The minimum absolute atomic E-state index is 0.152. The van der Waals surface area contributed by atoms with Gasteiger partial charge in [-0.2, -0.15) is 5.10 Å². The van der Waals surface area contributed by atoms with Crippen LogP contribution < -0.4 is 11.5 Å². The number of hydrogen-bond acceptors (Lipinski definition) is 4. The molecule has 0 spiro atoms. The summed E-state index contributed by atoms with van der Waals surface area (Å²) in [5.41, 5.74) is 12.5. The topological polar surface area (TPSA) is 99.8 Å². The standard InChI is InChI=1S/C13H17N5O/c1-2-11(14)5-9-3-4-12(16-6-9)18-8-10(7-17-18)13(15)19/h3-4,6-8,11H,2,5,14H2,1H3,(H2,15,19). The molecule has 0 saturated carbocycles. The SMILES string of the molecule is CCC(N)Cc1ccc(-n2cc(C(N)=O)cn2)nc1. The van der Waals surface area contributed by atoms with Gasteiger partial charge < -0.3 is 11.5 Å². The third-order valence-electron chi connectivity index (χ3n) is 2.93. The summed E-state index contributed by atoms with van der Waals surface area (Å²) in [6, 6.07) is 3.96. The number of rotatable bonds is 5. The van der Waals surface area contributed by atoms with Gasteiger partial charge in [0, 0.05) is 18.4 Å². The highest BCUT2D eigenvalue weighted by molar-refractivity contribution is 5.92. The van der Waals surface area contributed by atoms with Gasteiger partial charge in [0.15, 0.2) is 5.82 Å². The first-order chi connectivity index (χ1) is 9.10. The molecule has 0 bridgehead atoms. The highest BCUT2D eigenvalue weighted by Crippen LogP contribution is 2.08. The number of nitrogens with two attached hydrogens (primary N) is 2. The van der Waals surface area contributed by atoms with Gasteiger partial charge >= 0.3 is 0 Å². The predicted octanol–water partition coefficient (Wildman–Crippen LogP) is 0.646. The Labute approximate surface area is 111 Å². The van der Waals surface area contributed by atoms with E-state index in [1.165, 1.54) is 10.9 Å². The van der Waals surface area contributed by atoms with Crippen molar-refractivity contribution in [1.29, 1.82) is 0 Å². The fourth-order valence-corrected chi connectivity index (χ4v) is 1.70. The molecule has 0 aliphatic heterocycles. The van der Waals surface area contributed by atoms with E-state index >= 15 is 0 Å². The molecule has 4 N–H and O–H groups in total. The molecule has 0 fully saturated rings. The number of amides is 1. The lowest BCUT2D eigenvalue weighted by Crippen LogP contribution is -2.21. The van der Waals surface area contributed by atoms with Gasteiger partial charge in [0.1, 0.15) is 0 Å². The summed E-state index contributed by atoms with van der Waals surface area (Å²) < 4.78 is 1.52. The Bertz CT molecular complexity index is 561. The van der Waals surface area contributed by atoms with E-state index in [0.717, 1.165) is 18.4 Å². The van der Waals surface area contributed by atoms with Crippen molar-refractivity contribution in [2.75, 3.05) is 0 Å². The number of primary amides is 1. The quantitative estimate of drug-likeness (QED) is 0.823. The smallest absolute Gasteiger partial charge is 0.251 e. The number of carbonyl (C=O) groups excluding carboxylic acids is 1. The molecule has 2 aromatic rings. The minimum atomic E-state index is -0.503. The molecule has 1 amide bonds. The summed E-state index contributed by atoms with van der Waals surface area (Å²) in [5, 5.41) is 4.04. The maximum atomic E-state index is 11.0. The molecule has 19 heavy (non-hydrogen) atoms. The van der Waals surface area contributed by atoms with Gasteiger partial charge in [0.2, 0.25) is 0 Å². The van der Waals surface area contributed by atoms with Gasteiger partial charge in [0.05, 0.1) is 11.8 Å². The van der Waals surface area contributed by atoms with E-state index in [1.54, 1.807) is 12.4 Å². The van der Waals surface area contributed by atoms with Crippen LogP contribution >= 0.6 is 0 Å². The molecule has 2 aromatic heterocycles. The largest absolute Gasteiger partial charge is 0.366 e. The Kier molecular flexibility index (Phi) is 3.91. The van der Waals surface area contributed by atoms with Crippen LogP contribution in [-0.2, 0) is 6.42 Å². The highest BCUT2D eigenvalue weighted by atomic mass is 16.1. The third kappa shape index (κ3) is 3.17. The van der Waals surface area contributed by atoms with Crippen molar-refractivity contribution in [3.63, 3.8) is 0 Å². The number of nitrogens with zero attached hydrogens (tertiary/aromatic N) is 3. The Morgan fingerprint density at radius 1 is 1.42 bits per heavy atom. The van der Waals surface area contributed by atoms with Crippen LogP contribution in [0.3, 0.4) is 0 Å². The number of carbonyl (C=O) groups is 1. The lowest BCUT2D eigenvalue weighted by Gasteiger charge is -2.08. The minimum Gasteiger partial charge on any atom is -0.366 e. The van der Waals surface area contributed by atoms with Crippen LogP contribution in [0, 0.1) is 0 Å². The monoisotopic (exact) mass is 259 g/mol. The molecular weight excluding hydrogens is 242 g/mol. The molecule has 100 valence electrons. The molecule has 2 heterocycles. The molecule has 0 aliphatic carbocycles. The second kappa shape index (κ2) is 5.62. The van der Waals surface area contributed by atoms with E-state index in [-0.39, 0.29) is 6.04 Å². The Balaban J connectivity index is 2.15. The zero-order valence-electron chi connectivity index (χ0n) is 10.8. The molecule has 6 heteroatoms. The summed E-state index contributed by atoms with van der Waals surface area (Å²) in [5.74, 6) is 0.137. The van der Waals surface area contributed by atoms with Gasteiger partial charge in [-0.3, -0.25) is 4.79 Å². The molecule has 1 unspecified atom stereocenters. The molecular formula is C13H17N5O. The molecule has 6 nitrogen and oxygen atoms in total. The van der Waals surface area contributed by atoms with Gasteiger partial charge in [-0.1, -0.05) is 13.0 Å². The molecule has 0 saturated heterocycles. The zero-order chi connectivity index (χ0) is 13.8. The van der Waals surface area contributed by atoms with Crippen LogP contribution in [0.4, 0.5) is 0 Å². The second-order valence-corrected chi connectivity index (χ2v) is 4.43. The number of pyridine rings is 1. The Morgan fingerprint density at radius 2 is 2.21 bits per heavy atom. The van der Waals surface area contributed by atoms with Gasteiger partial charge in [0.25, 0.3) is 5.91 Å². The summed E-state index contributed by atoms with van der Waals surface area (Å²) in [7, 11) is 0. The second-order valence-electron chi connectivity index (χ2n) is 4.43. The maximum Gasteiger partial charge on any atom is 0.251 e. The summed E-state index contributed by atoms with van der Waals surface area (Å²) in [6.45, 7) is 2.06. The summed E-state index contributed by atoms with van der Waals surface area (Å²) in [4.78, 5) is 15.3. The normalized spacial score (nSPS) is 12.3. The number of aromatic nitrogens is 3. The molecule has 0 aliphatic rings. The van der Waals surface area contributed by atoms with Crippen molar-refractivity contribution >= 4 is 5.91 Å². The maximum absolute atomic E-state index is 11.0. The predicted molar refractivity (Wildman–Crippen MR) is 71.8 cm³/mol. The van der Waals surface area contributed by atoms with E-state index in [9.17, 15) is 4.79 Å². The van der Waals surface area contributed by atoms with Crippen LogP contribution in [0.5, 0.6) is 0 Å². The van der Waals surface area contributed by atoms with E-state index in [2.05, 4.69) is 17.0 Å². The first kappa shape index (κ1) is 13.2. The Morgan fingerprint density at radius 3 is 2.74 bits per heavy atom. The average molecular weight is 259 g/mol. The first-order valence-corrected chi connectivity index (χ1v) is 6.15.